The first-order valence-electron chi connectivity index (χ1n) is 4.49. The first-order valence-corrected chi connectivity index (χ1v) is 12.8. The van der Waals surface area contributed by atoms with Gasteiger partial charge < -0.3 is 8.92 Å². The van der Waals surface area contributed by atoms with Gasteiger partial charge in [0.25, 0.3) is 5.95 Å². The van der Waals surface area contributed by atoms with Gasteiger partial charge in [-0.15, -0.1) is 0 Å². The lowest BCUT2D eigenvalue weighted by molar-refractivity contribution is 0.297. The number of hydrogen-bond donors (Lipinski definition) is 0. The number of rotatable bonds is 6. The molecule has 1 aromatic heterocycles. The minimum absolute atomic E-state index is 0.129. The van der Waals surface area contributed by atoms with Gasteiger partial charge in [0, 0.05) is 0 Å². The summed E-state index contributed by atoms with van der Waals surface area (Å²) in [5.41, 5.74) is 0.382. The predicted molar refractivity (Wildman–Crippen MR) is 88.0 cm³/mol. The summed E-state index contributed by atoms with van der Waals surface area (Å²) in [7, 11) is 0. The monoisotopic (exact) mass is 499 g/mol. The van der Waals surface area contributed by atoms with Crippen LogP contribution in [0.5, 0.6) is 5.75 Å². The summed E-state index contributed by atoms with van der Waals surface area (Å²) in [4.78, 5) is 3.74. The molecule has 0 aliphatic heterocycles. The minimum Gasteiger partial charge on any atom is -0.492 e. The quantitative estimate of drug-likeness (QED) is 0.174. The van der Waals surface area contributed by atoms with E-state index in [2.05, 4.69) is 55.6 Å². The Morgan fingerprint density at radius 1 is 1.59 bits per heavy atom. The highest BCUT2D eigenvalue weighted by molar-refractivity contribution is 14.3. The first-order chi connectivity index (χ1) is 8.04. The zero-order valence-electron chi connectivity index (χ0n) is 8.82. The minimum atomic E-state index is -0.652. The third kappa shape index (κ3) is 5.44. The Morgan fingerprint density at radius 3 is 2.82 bits per heavy atom. The van der Waals surface area contributed by atoms with Crippen molar-refractivity contribution in [1.82, 2.24) is 4.98 Å². The van der Waals surface area contributed by atoms with Crippen LogP contribution in [-0.4, -0.2) is 11.6 Å². The molecule has 0 aliphatic carbocycles. The Balaban J connectivity index is 2.75. The van der Waals surface area contributed by atoms with Gasteiger partial charge in [0.15, 0.2) is 5.75 Å². The van der Waals surface area contributed by atoms with Crippen molar-refractivity contribution in [2.45, 2.75) is 6.92 Å². The zero-order valence-corrected chi connectivity index (χ0v) is 14.8. The molecule has 0 aliphatic rings. The molecule has 1 heterocycles. The molecule has 0 saturated heterocycles. The fraction of sp³-hybridized carbons (Fsp3) is 0.222. The Labute approximate surface area is 131 Å². The summed E-state index contributed by atoms with van der Waals surface area (Å²) in [6.07, 6.45) is 0. The van der Waals surface area contributed by atoms with Crippen LogP contribution in [0.1, 0.15) is 12.6 Å². The van der Waals surface area contributed by atoms with Crippen LogP contribution in [0.25, 0.3) is 5.76 Å². The van der Waals surface area contributed by atoms with Crippen LogP contribution < -0.4 is 4.18 Å². The third-order valence-electron chi connectivity index (χ3n) is 1.60. The van der Waals surface area contributed by atoms with Gasteiger partial charge in [-0.3, -0.25) is 0 Å². The van der Waals surface area contributed by atoms with Crippen molar-refractivity contribution in [3.05, 3.63) is 30.4 Å². The van der Waals surface area contributed by atoms with Gasteiger partial charge in [-0.2, -0.15) is 4.39 Å². The van der Waals surface area contributed by atoms with Crippen molar-refractivity contribution in [2.24, 2.45) is 0 Å². The van der Waals surface area contributed by atoms with E-state index in [-0.39, 0.29) is 8.16 Å². The van der Waals surface area contributed by atoms with Gasteiger partial charge in [0.2, 0.25) is 0 Å². The molecule has 8 heteroatoms. The van der Waals surface area contributed by atoms with E-state index in [1.54, 1.807) is 6.07 Å². The fourth-order valence-corrected chi connectivity index (χ4v) is 3.07. The lowest BCUT2D eigenvalue weighted by atomic mass is 10.3. The standard InChI is InChI=1S/C9H9FI2NO2PS/c1-3-14-6(2)7-4-5-8(9(10)13-7)15-17-16(11)12/h4-5H,2-3H2,1H3. The van der Waals surface area contributed by atoms with Crippen molar-refractivity contribution in [3.8, 4) is 5.75 Å². The molecule has 0 unspecified atom stereocenters. The lowest BCUT2D eigenvalue weighted by Gasteiger charge is -2.08. The van der Waals surface area contributed by atoms with E-state index in [0.717, 1.165) is 0 Å². The van der Waals surface area contributed by atoms with Crippen molar-refractivity contribution < 1.29 is 13.3 Å². The van der Waals surface area contributed by atoms with E-state index in [9.17, 15) is 4.39 Å². The van der Waals surface area contributed by atoms with E-state index in [0.29, 0.717) is 18.1 Å². The molecule has 0 N–H and O–H groups in total. The highest BCUT2D eigenvalue weighted by atomic mass is 127. The lowest BCUT2D eigenvalue weighted by Crippen LogP contribution is -1.97. The smallest absolute Gasteiger partial charge is 0.257 e. The number of pyridine rings is 1. The molecule has 0 aromatic carbocycles. The normalized spacial score (nSPS) is 10.4. The summed E-state index contributed by atoms with van der Waals surface area (Å²) in [5, 5.41) is 0. The number of ether oxygens (including phenoxy) is 1. The topological polar surface area (TPSA) is 31.4 Å². The fourth-order valence-electron chi connectivity index (χ4n) is 0.955. The molecule has 17 heavy (non-hydrogen) atoms. The van der Waals surface area contributed by atoms with Gasteiger partial charge in [-0.1, -0.05) is 6.58 Å². The number of halogens is 3. The van der Waals surface area contributed by atoms with Crippen molar-refractivity contribution >= 4 is 63.9 Å². The second-order valence-corrected chi connectivity index (χ2v) is 20.2. The first kappa shape index (κ1) is 15.7. The zero-order chi connectivity index (χ0) is 12.8. The maximum atomic E-state index is 13.6. The van der Waals surface area contributed by atoms with Gasteiger partial charge in [0.1, 0.15) is 25.5 Å². The van der Waals surface area contributed by atoms with Crippen LogP contribution in [0, 0.1) is 5.95 Å². The number of nitrogens with zero attached hydrogens (tertiary/aromatic N) is 1. The third-order valence-corrected chi connectivity index (χ3v) is 5.43. The molecule has 94 valence electrons. The summed E-state index contributed by atoms with van der Waals surface area (Å²) in [6, 6.07) is 3.15. The number of hydrogen-bond acceptors (Lipinski definition) is 4. The van der Waals surface area contributed by atoms with Gasteiger partial charge >= 0.3 is 0 Å². The highest BCUT2D eigenvalue weighted by Gasteiger charge is 2.11. The molecular weight excluding hydrogens is 490 g/mol. The van der Waals surface area contributed by atoms with Crippen molar-refractivity contribution in [1.29, 1.82) is 0 Å². The van der Waals surface area contributed by atoms with E-state index in [1.807, 2.05) is 6.92 Å². The van der Waals surface area contributed by atoms with Crippen molar-refractivity contribution in [3.63, 3.8) is 0 Å². The van der Waals surface area contributed by atoms with Crippen LogP contribution in [0.3, 0.4) is 0 Å². The molecule has 0 bridgehead atoms. The molecule has 0 radical (unpaired) electrons. The average molecular weight is 499 g/mol. The Bertz CT molecular complexity index is 409. The largest absolute Gasteiger partial charge is 0.492 e. The highest BCUT2D eigenvalue weighted by Crippen LogP contribution is 2.64. The molecule has 1 aromatic rings. The van der Waals surface area contributed by atoms with Gasteiger partial charge in [-0.05, 0) is 63.1 Å². The predicted octanol–water partition coefficient (Wildman–Crippen LogP) is 5.35. The SMILES string of the molecule is C=C(OCC)c1ccc(OSP(I)I)c(F)n1. The van der Waals surface area contributed by atoms with Crippen LogP contribution in [-0.2, 0) is 4.74 Å². The van der Waals surface area contributed by atoms with E-state index in [1.165, 1.54) is 17.7 Å². The average Bonchev–Trinajstić information content (AvgIpc) is 2.27. The van der Waals surface area contributed by atoms with E-state index >= 15 is 0 Å². The van der Waals surface area contributed by atoms with Crippen LogP contribution in [0.15, 0.2) is 18.7 Å². The molecule has 0 atom stereocenters. The molecule has 0 saturated carbocycles. The van der Waals surface area contributed by atoms with Gasteiger partial charge in [0.05, 0.1) is 6.61 Å². The molecule has 0 fully saturated rings. The maximum absolute atomic E-state index is 13.6. The summed E-state index contributed by atoms with van der Waals surface area (Å²) >= 11 is 5.67. The van der Waals surface area contributed by atoms with Crippen LogP contribution in [0.4, 0.5) is 4.39 Å². The Hall–Kier alpha value is 0.660. The second kappa shape index (κ2) is 7.96. The van der Waals surface area contributed by atoms with Crippen LogP contribution in [0.2, 0.25) is 0 Å². The van der Waals surface area contributed by atoms with Gasteiger partial charge in [-0.25, -0.2) is 4.98 Å². The molecule has 0 amide bonds. The summed E-state index contributed by atoms with van der Waals surface area (Å²) < 4.78 is 23.6. The second-order valence-electron chi connectivity index (χ2n) is 2.70. The summed E-state index contributed by atoms with van der Waals surface area (Å²) in [6.45, 7) is 5.97. The summed E-state index contributed by atoms with van der Waals surface area (Å²) in [5.74, 6) is -0.167. The Morgan fingerprint density at radius 2 is 2.29 bits per heavy atom. The van der Waals surface area contributed by atoms with Crippen LogP contribution >= 0.6 is 58.2 Å². The Kier molecular flexibility index (Phi) is 7.36. The maximum Gasteiger partial charge on any atom is 0.257 e. The van der Waals surface area contributed by atoms with E-state index in [4.69, 9.17) is 8.92 Å². The van der Waals surface area contributed by atoms with Crippen molar-refractivity contribution in [2.75, 3.05) is 6.61 Å². The number of aromatic nitrogens is 1. The van der Waals surface area contributed by atoms with E-state index < -0.39 is 5.95 Å². The molecule has 0 spiro atoms. The molecular formula is C9H9FI2NO2PS. The molecule has 1 rings (SSSR count). The molecule has 3 nitrogen and oxygen atoms in total.